The maximum absolute atomic E-state index is 12.0. The Labute approximate surface area is 114 Å². The molecule has 0 aliphatic carbocycles. The van der Waals surface area contributed by atoms with Crippen molar-refractivity contribution in [2.24, 2.45) is 5.41 Å². The van der Waals surface area contributed by atoms with Gasteiger partial charge in [0.05, 0.1) is 13.0 Å². The van der Waals surface area contributed by atoms with Crippen LogP contribution in [-0.2, 0) is 4.79 Å². The van der Waals surface area contributed by atoms with E-state index in [4.69, 9.17) is 10.2 Å². The van der Waals surface area contributed by atoms with Gasteiger partial charge in [0.15, 0.2) is 0 Å². The van der Waals surface area contributed by atoms with Gasteiger partial charge in [-0.3, -0.25) is 4.79 Å². The summed E-state index contributed by atoms with van der Waals surface area (Å²) < 4.78 is 0. The highest BCUT2D eigenvalue weighted by atomic mass is 16.4. The lowest BCUT2D eigenvalue weighted by molar-refractivity contribution is -0.138. The molecule has 0 radical (unpaired) electrons. The molecule has 19 heavy (non-hydrogen) atoms. The fraction of sp³-hybridized carbons (Fsp3) is 0.692. The van der Waals surface area contributed by atoms with Gasteiger partial charge in [0, 0.05) is 19.1 Å². The molecule has 0 fully saturated rings. The van der Waals surface area contributed by atoms with E-state index >= 15 is 0 Å². The number of aliphatic hydroxyl groups is 1. The molecule has 0 aromatic rings. The first-order valence-corrected chi connectivity index (χ1v) is 6.21. The van der Waals surface area contributed by atoms with E-state index in [9.17, 15) is 9.59 Å². The van der Waals surface area contributed by atoms with E-state index < -0.39 is 18.0 Å². The molecular weight excluding hydrogens is 248 g/mol. The van der Waals surface area contributed by atoms with Crippen LogP contribution in [0.2, 0.25) is 0 Å². The van der Waals surface area contributed by atoms with E-state index in [1.807, 2.05) is 20.8 Å². The topological polar surface area (TPSA) is 89.9 Å². The first-order chi connectivity index (χ1) is 8.72. The van der Waals surface area contributed by atoms with Crippen LogP contribution in [0.3, 0.4) is 0 Å². The summed E-state index contributed by atoms with van der Waals surface area (Å²) in [6.07, 6.45) is 1.41. The normalized spacial score (nSPS) is 12.6. The zero-order valence-electron chi connectivity index (χ0n) is 11.8. The summed E-state index contributed by atoms with van der Waals surface area (Å²) in [4.78, 5) is 24.2. The predicted octanol–water partition coefficient (Wildman–Crippen LogP) is 1.07. The van der Waals surface area contributed by atoms with Gasteiger partial charge in [-0.05, 0) is 5.41 Å². The van der Waals surface area contributed by atoms with Crippen LogP contribution in [0, 0.1) is 5.41 Å². The maximum Gasteiger partial charge on any atom is 0.318 e. The molecule has 0 aliphatic rings. The first-order valence-electron chi connectivity index (χ1n) is 6.21. The lowest BCUT2D eigenvalue weighted by Crippen LogP contribution is -2.51. The largest absolute Gasteiger partial charge is 0.481 e. The van der Waals surface area contributed by atoms with Crippen LogP contribution in [0.5, 0.6) is 0 Å². The molecule has 0 aromatic heterocycles. The van der Waals surface area contributed by atoms with E-state index in [-0.39, 0.29) is 25.0 Å². The number of nitrogens with one attached hydrogen (secondary N) is 1. The van der Waals surface area contributed by atoms with E-state index in [1.165, 1.54) is 4.90 Å². The van der Waals surface area contributed by atoms with Crippen LogP contribution in [0.1, 0.15) is 27.2 Å². The van der Waals surface area contributed by atoms with E-state index in [0.29, 0.717) is 6.54 Å². The van der Waals surface area contributed by atoms with Crippen molar-refractivity contribution in [1.29, 1.82) is 0 Å². The Morgan fingerprint density at radius 1 is 1.42 bits per heavy atom. The van der Waals surface area contributed by atoms with Crippen molar-refractivity contribution < 1.29 is 19.8 Å². The highest BCUT2D eigenvalue weighted by molar-refractivity contribution is 5.76. The summed E-state index contributed by atoms with van der Waals surface area (Å²) in [5.41, 5.74) is -0.368. The Morgan fingerprint density at radius 3 is 2.37 bits per heavy atom. The zero-order chi connectivity index (χ0) is 15.1. The highest BCUT2D eigenvalue weighted by Crippen LogP contribution is 2.22. The van der Waals surface area contributed by atoms with Gasteiger partial charge < -0.3 is 20.4 Å². The van der Waals surface area contributed by atoms with Gasteiger partial charge in [0.25, 0.3) is 0 Å². The lowest BCUT2D eigenvalue weighted by atomic mass is 9.85. The zero-order valence-corrected chi connectivity index (χ0v) is 11.8. The molecule has 0 spiro atoms. The molecule has 6 heteroatoms. The van der Waals surface area contributed by atoms with Crippen molar-refractivity contribution in [3.8, 4) is 0 Å². The number of aliphatic hydroxyl groups excluding tert-OH is 1. The number of carbonyl (C=O) groups excluding carboxylic acids is 1. The number of hydrogen-bond donors (Lipinski definition) is 3. The van der Waals surface area contributed by atoms with E-state index in [0.717, 1.165) is 0 Å². The van der Waals surface area contributed by atoms with Crippen LogP contribution in [-0.4, -0.2) is 52.9 Å². The smallest absolute Gasteiger partial charge is 0.318 e. The number of carboxylic acid groups (broad SMARTS) is 1. The van der Waals surface area contributed by atoms with Crippen LogP contribution in [0.4, 0.5) is 4.79 Å². The quantitative estimate of drug-likeness (QED) is 0.605. The monoisotopic (exact) mass is 272 g/mol. The molecule has 0 heterocycles. The third-order valence-electron chi connectivity index (χ3n) is 2.73. The predicted molar refractivity (Wildman–Crippen MR) is 72.9 cm³/mol. The van der Waals surface area contributed by atoms with E-state index in [2.05, 4.69) is 11.9 Å². The van der Waals surface area contributed by atoms with Gasteiger partial charge in [0.1, 0.15) is 0 Å². The number of carboxylic acids is 1. The second-order valence-corrected chi connectivity index (χ2v) is 5.42. The molecule has 6 nitrogen and oxygen atoms in total. The number of rotatable bonds is 7. The number of carbonyl (C=O) groups is 2. The molecule has 0 bridgehead atoms. The molecule has 0 aromatic carbocycles. The lowest BCUT2D eigenvalue weighted by Gasteiger charge is -2.32. The Bertz CT molecular complexity index is 323. The van der Waals surface area contributed by atoms with Gasteiger partial charge in [-0.2, -0.15) is 0 Å². The van der Waals surface area contributed by atoms with Gasteiger partial charge in [0.2, 0.25) is 0 Å². The summed E-state index contributed by atoms with van der Waals surface area (Å²) in [6, 6.07) is -0.876. The minimum absolute atomic E-state index is 0.143. The third kappa shape index (κ3) is 6.81. The van der Waals surface area contributed by atoms with Crippen LogP contribution in [0.25, 0.3) is 0 Å². The number of aliphatic carboxylic acids is 1. The fourth-order valence-electron chi connectivity index (χ4n) is 1.54. The summed E-state index contributed by atoms with van der Waals surface area (Å²) in [5.74, 6) is -0.961. The van der Waals surface area contributed by atoms with Gasteiger partial charge >= 0.3 is 12.0 Å². The Morgan fingerprint density at radius 2 is 2.00 bits per heavy atom. The minimum atomic E-state index is -0.961. The van der Waals surface area contributed by atoms with Gasteiger partial charge in [-0.1, -0.05) is 26.8 Å². The van der Waals surface area contributed by atoms with Crippen molar-refractivity contribution in [3.63, 3.8) is 0 Å². The molecular formula is C13H24N2O4. The number of amides is 2. The maximum atomic E-state index is 12.0. The molecule has 1 atom stereocenters. The van der Waals surface area contributed by atoms with Crippen LogP contribution >= 0.6 is 0 Å². The molecule has 0 aliphatic heterocycles. The SMILES string of the molecule is C=CCN(CCO)C(=O)NC(CC(=O)O)C(C)(C)C. The average Bonchev–Trinajstić information content (AvgIpc) is 2.26. The molecule has 2 amide bonds. The molecule has 0 rings (SSSR count). The molecule has 1 unspecified atom stereocenters. The van der Waals surface area contributed by atoms with Crippen molar-refractivity contribution in [3.05, 3.63) is 12.7 Å². The number of urea groups is 1. The third-order valence-corrected chi connectivity index (χ3v) is 2.73. The first kappa shape index (κ1) is 17.4. The summed E-state index contributed by atoms with van der Waals surface area (Å²) in [7, 11) is 0. The van der Waals surface area contributed by atoms with Crippen LogP contribution in [0.15, 0.2) is 12.7 Å². The average molecular weight is 272 g/mol. The van der Waals surface area contributed by atoms with Gasteiger partial charge in [-0.25, -0.2) is 4.79 Å². The molecule has 110 valence electrons. The minimum Gasteiger partial charge on any atom is -0.481 e. The second kappa shape index (κ2) is 7.78. The van der Waals surface area contributed by atoms with Crippen LogP contribution < -0.4 is 5.32 Å². The number of hydrogen-bond acceptors (Lipinski definition) is 3. The summed E-state index contributed by atoms with van der Waals surface area (Å²) in [6.45, 7) is 9.47. The Hall–Kier alpha value is -1.56. The molecule has 3 N–H and O–H groups in total. The molecule has 0 saturated heterocycles. The Kier molecular flexibility index (Phi) is 7.14. The van der Waals surface area contributed by atoms with E-state index in [1.54, 1.807) is 6.08 Å². The van der Waals surface area contributed by atoms with Crippen molar-refractivity contribution in [1.82, 2.24) is 10.2 Å². The highest BCUT2D eigenvalue weighted by Gasteiger charge is 2.29. The van der Waals surface area contributed by atoms with Gasteiger partial charge in [-0.15, -0.1) is 6.58 Å². The fourth-order valence-corrected chi connectivity index (χ4v) is 1.54. The summed E-state index contributed by atoms with van der Waals surface area (Å²) >= 11 is 0. The Balaban J connectivity index is 4.76. The molecule has 0 saturated carbocycles. The second-order valence-electron chi connectivity index (χ2n) is 5.42. The van der Waals surface area contributed by atoms with Crippen molar-refractivity contribution in [2.75, 3.05) is 19.7 Å². The van der Waals surface area contributed by atoms with Crippen molar-refractivity contribution in [2.45, 2.75) is 33.2 Å². The van der Waals surface area contributed by atoms with Crippen molar-refractivity contribution >= 4 is 12.0 Å². The standard InChI is InChI=1S/C13H24N2O4/c1-5-6-15(7-8-16)12(19)14-10(9-11(17)18)13(2,3)4/h5,10,16H,1,6-9H2,2-4H3,(H,14,19)(H,17,18). The summed E-state index contributed by atoms with van der Waals surface area (Å²) in [5, 5.41) is 20.5. The number of nitrogens with zero attached hydrogens (tertiary/aromatic N) is 1.